The Morgan fingerprint density at radius 3 is 2.00 bits per heavy atom. The molecule has 0 aliphatic rings. The molecule has 0 unspecified atom stereocenters. The van der Waals surface area contributed by atoms with Gasteiger partial charge in [-0.05, 0) is 42.9 Å². The molecular formula is C15H22F2O. The molecule has 0 fully saturated rings. The fourth-order valence-corrected chi connectivity index (χ4v) is 2.51. The van der Waals surface area contributed by atoms with E-state index in [2.05, 4.69) is 0 Å². The second-order valence-electron chi connectivity index (χ2n) is 5.85. The van der Waals surface area contributed by atoms with E-state index in [0.717, 1.165) is 18.2 Å². The van der Waals surface area contributed by atoms with Crippen LogP contribution in [0.5, 0.6) is 0 Å². The Bertz CT molecular complexity index is 389. The van der Waals surface area contributed by atoms with Crippen molar-refractivity contribution in [3.8, 4) is 0 Å². The predicted octanol–water partition coefficient (Wildman–Crippen LogP) is 4.24. The summed E-state index contributed by atoms with van der Waals surface area (Å²) in [4.78, 5) is 0. The van der Waals surface area contributed by atoms with Crippen LogP contribution in [0.1, 0.15) is 46.1 Å². The van der Waals surface area contributed by atoms with Gasteiger partial charge in [-0.15, -0.1) is 0 Å². The van der Waals surface area contributed by atoms with Crippen molar-refractivity contribution in [1.29, 1.82) is 0 Å². The van der Waals surface area contributed by atoms with E-state index in [1.807, 2.05) is 27.7 Å². The van der Waals surface area contributed by atoms with Gasteiger partial charge in [-0.1, -0.05) is 27.7 Å². The van der Waals surface area contributed by atoms with Crippen LogP contribution in [0, 0.1) is 23.5 Å². The van der Waals surface area contributed by atoms with Gasteiger partial charge in [-0.2, -0.15) is 0 Å². The van der Waals surface area contributed by atoms with Gasteiger partial charge in [0.15, 0.2) is 0 Å². The van der Waals surface area contributed by atoms with Crippen molar-refractivity contribution >= 4 is 0 Å². The molecule has 0 aliphatic carbocycles. The van der Waals surface area contributed by atoms with Crippen LogP contribution in [-0.2, 0) is 5.60 Å². The lowest BCUT2D eigenvalue weighted by Gasteiger charge is -2.32. The zero-order valence-corrected chi connectivity index (χ0v) is 11.5. The van der Waals surface area contributed by atoms with E-state index in [1.54, 1.807) is 0 Å². The molecule has 0 radical (unpaired) electrons. The molecule has 0 bridgehead atoms. The molecule has 0 amide bonds. The Hall–Kier alpha value is -0.960. The third-order valence-electron chi connectivity index (χ3n) is 2.92. The zero-order valence-electron chi connectivity index (χ0n) is 11.5. The van der Waals surface area contributed by atoms with Crippen LogP contribution in [0.3, 0.4) is 0 Å². The first-order chi connectivity index (χ1) is 8.24. The van der Waals surface area contributed by atoms with Crippen molar-refractivity contribution in [2.45, 2.75) is 46.1 Å². The molecule has 0 heterocycles. The van der Waals surface area contributed by atoms with Gasteiger partial charge in [-0.3, -0.25) is 0 Å². The Labute approximate surface area is 108 Å². The van der Waals surface area contributed by atoms with E-state index in [-0.39, 0.29) is 17.4 Å². The van der Waals surface area contributed by atoms with Gasteiger partial charge in [0, 0.05) is 5.56 Å². The van der Waals surface area contributed by atoms with Crippen molar-refractivity contribution < 1.29 is 13.9 Å². The fourth-order valence-electron chi connectivity index (χ4n) is 2.51. The first-order valence-electron chi connectivity index (χ1n) is 6.42. The van der Waals surface area contributed by atoms with Gasteiger partial charge in [0.1, 0.15) is 11.6 Å². The van der Waals surface area contributed by atoms with Crippen LogP contribution in [0.2, 0.25) is 0 Å². The third kappa shape index (κ3) is 3.77. The lowest BCUT2D eigenvalue weighted by atomic mass is 9.79. The molecule has 102 valence electrons. The normalized spacial score (nSPS) is 12.5. The lowest BCUT2D eigenvalue weighted by molar-refractivity contribution is -0.00782. The molecule has 0 atom stereocenters. The predicted molar refractivity (Wildman–Crippen MR) is 69.2 cm³/mol. The Balaban J connectivity index is 3.19. The number of halogens is 2. The van der Waals surface area contributed by atoms with Crippen LogP contribution in [0.4, 0.5) is 8.78 Å². The molecular weight excluding hydrogens is 234 g/mol. The molecule has 3 heteroatoms. The van der Waals surface area contributed by atoms with E-state index >= 15 is 0 Å². The highest BCUT2D eigenvalue weighted by atomic mass is 19.1. The largest absolute Gasteiger partial charge is 0.385 e. The van der Waals surface area contributed by atoms with Gasteiger partial charge in [0.2, 0.25) is 0 Å². The first-order valence-corrected chi connectivity index (χ1v) is 6.42. The number of rotatable bonds is 5. The molecule has 1 aromatic rings. The second kappa shape index (κ2) is 5.79. The molecule has 0 spiro atoms. The van der Waals surface area contributed by atoms with Gasteiger partial charge >= 0.3 is 0 Å². The summed E-state index contributed by atoms with van der Waals surface area (Å²) in [5.74, 6) is -0.648. The molecule has 1 N–H and O–H groups in total. The van der Waals surface area contributed by atoms with Crippen molar-refractivity contribution in [3.05, 3.63) is 35.4 Å². The molecule has 0 aromatic heterocycles. The van der Waals surface area contributed by atoms with Crippen LogP contribution in [0.15, 0.2) is 18.2 Å². The Morgan fingerprint density at radius 1 is 1.06 bits per heavy atom. The smallest absolute Gasteiger partial charge is 0.129 e. The standard InChI is InChI=1S/C15H22F2O/c1-10(2)8-15(18,9-11(3)4)13-7-12(16)5-6-14(13)17/h5-7,10-11,18H,8-9H2,1-4H3. The van der Waals surface area contributed by atoms with Gasteiger partial charge in [0.05, 0.1) is 5.60 Å². The summed E-state index contributed by atoms with van der Waals surface area (Å²) >= 11 is 0. The Kier molecular flexibility index (Phi) is 4.85. The van der Waals surface area contributed by atoms with E-state index in [9.17, 15) is 13.9 Å². The highest BCUT2D eigenvalue weighted by Crippen LogP contribution is 2.36. The van der Waals surface area contributed by atoms with Crippen molar-refractivity contribution in [1.82, 2.24) is 0 Å². The highest BCUT2D eigenvalue weighted by Gasteiger charge is 2.33. The topological polar surface area (TPSA) is 20.2 Å². The second-order valence-corrected chi connectivity index (χ2v) is 5.85. The SMILES string of the molecule is CC(C)CC(O)(CC(C)C)c1cc(F)ccc1F. The van der Waals surface area contributed by atoms with Crippen LogP contribution < -0.4 is 0 Å². The molecule has 0 saturated heterocycles. The minimum absolute atomic E-state index is 0.0740. The number of aliphatic hydroxyl groups is 1. The van der Waals surface area contributed by atoms with Gasteiger partial charge < -0.3 is 5.11 Å². The molecule has 18 heavy (non-hydrogen) atoms. The van der Waals surface area contributed by atoms with Crippen molar-refractivity contribution in [2.24, 2.45) is 11.8 Å². The summed E-state index contributed by atoms with van der Waals surface area (Å²) in [7, 11) is 0. The lowest BCUT2D eigenvalue weighted by Crippen LogP contribution is -2.31. The number of benzene rings is 1. The van der Waals surface area contributed by atoms with Crippen LogP contribution >= 0.6 is 0 Å². The van der Waals surface area contributed by atoms with Crippen LogP contribution in [-0.4, -0.2) is 5.11 Å². The molecule has 1 rings (SSSR count). The minimum Gasteiger partial charge on any atom is -0.385 e. The molecule has 0 saturated carbocycles. The maximum absolute atomic E-state index is 13.8. The van der Waals surface area contributed by atoms with E-state index in [1.165, 1.54) is 0 Å². The average molecular weight is 256 g/mol. The zero-order chi connectivity index (χ0) is 13.9. The number of hydrogen-bond donors (Lipinski definition) is 1. The maximum atomic E-state index is 13.8. The van der Waals surface area contributed by atoms with Gasteiger partial charge in [0.25, 0.3) is 0 Å². The summed E-state index contributed by atoms with van der Waals surface area (Å²) in [5.41, 5.74) is -1.22. The summed E-state index contributed by atoms with van der Waals surface area (Å²) in [6.45, 7) is 7.84. The molecule has 1 aromatic carbocycles. The highest BCUT2D eigenvalue weighted by molar-refractivity contribution is 5.25. The van der Waals surface area contributed by atoms with Gasteiger partial charge in [-0.25, -0.2) is 8.78 Å². The monoisotopic (exact) mass is 256 g/mol. The average Bonchev–Trinajstić information content (AvgIpc) is 2.19. The number of hydrogen-bond acceptors (Lipinski definition) is 1. The van der Waals surface area contributed by atoms with E-state index in [4.69, 9.17) is 0 Å². The third-order valence-corrected chi connectivity index (χ3v) is 2.92. The van der Waals surface area contributed by atoms with Crippen molar-refractivity contribution in [3.63, 3.8) is 0 Å². The summed E-state index contributed by atoms with van der Waals surface area (Å²) in [6, 6.07) is 3.26. The molecule has 1 nitrogen and oxygen atoms in total. The van der Waals surface area contributed by atoms with Crippen molar-refractivity contribution in [2.75, 3.05) is 0 Å². The van der Waals surface area contributed by atoms with Crippen LogP contribution in [0.25, 0.3) is 0 Å². The quantitative estimate of drug-likeness (QED) is 0.835. The summed E-state index contributed by atoms with van der Waals surface area (Å²) in [5, 5.41) is 10.7. The van der Waals surface area contributed by atoms with E-state index in [0.29, 0.717) is 12.8 Å². The van der Waals surface area contributed by atoms with E-state index < -0.39 is 17.2 Å². The molecule has 0 aliphatic heterocycles. The first kappa shape index (κ1) is 15.1. The summed E-state index contributed by atoms with van der Waals surface area (Å²) in [6.07, 6.45) is 0.844. The minimum atomic E-state index is -1.30. The Morgan fingerprint density at radius 2 is 1.56 bits per heavy atom. The summed E-state index contributed by atoms with van der Waals surface area (Å²) < 4.78 is 27.1. The fraction of sp³-hybridized carbons (Fsp3) is 0.600. The maximum Gasteiger partial charge on any atom is 0.129 e.